The first-order valence-electron chi connectivity index (χ1n) is 14.7. The van der Waals surface area contributed by atoms with Crippen molar-refractivity contribution in [3.8, 4) is 12.1 Å². The molecule has 1 aromatic carbocycles. The molecule has 3 aliphatic rings. The zero-order valence-corrected chi connectivity index (χ0v) is 25.2. The monoisotopic (exact) mass is 557 g/mol. The minimum absolute atomic E-state index is 0.132. The summed E-state index contributed by atoms with van der Waals surface area (Å²) < 4.78 is 6.37. The van der Waals surface area contributed by atoms with Gasteiger partial charge in [0.25, 0.3) is 0 Å². The maximum atomic E-state index is 12.5. The molecule has 0 spiro atoms. The Morgan fingerprint density at radius 3 is 2.73 bits per heavy atom. The third-order valence-corrected chi connectivity index (χ3v) is 8.97. The molecule has 9 nitrogen and oxygen atoms in total. The number of aryl methyl sites for hydroxylation is 1. The molecule has 0 bridgehead atoms. The molecule has 5 rings (SSSR count). The number of piperazine rings is 1. The minimum Gasteiger partial charge on any atom is -0.463 e. The molecule has 1 saturated carbocycles. The molecule has 2 atom stereocenters. The number of rotatable bonds is 9. The van der Waals surface area contributed by atoms with Crippen LogP contribution in [0.15, 0.2) is 30.9 Å². The molecule has 0 N–H and O–H groups in total. The highest BCUT2D eigenvalue weighted by Gasteiger charge is 2.44. The van der Waals surface area contributed by atoms with Crippen molar-refractivity contribution in [2.75, 3.05) is 56.7 Å². The quantitative estimate of drug-likeness (QED) is 0.429. The van der Waals surface area contributed by atoms with Gasteiger partial charge in [-0.1, -0.05) is 18.7 Å². The predicted molar refractivity (Wildman–Crippen MR) is 161 cm³/mol. The lowest BCUT2D eigenvalue weighted by atomic mass is 9.95. The molecule has 1 saturated heterocycles. The third-order valence-electron chi connectivity index (χ3n) is 8.97. The summed E-state index contributed by atoms with van der Waals surface area (Å²) in [4.78, 5) is 31.2. The summed E-state index contributed by atoms with van der Waals surface area (Å²) >= 11 is 0. The van der Waals surface area contributed by atoms with Gasteiger partial charge in [0.15, 0.2) is 0 Å². The number of nitrogens with zero attached hydrogens (tertiary/aromatic N) is 7. The number of hydrogen-bond donors (Lipinski definition) is 0. The van der Waals surface area contributed by atoms with Crippen LogP contribution in [0.3, 0.4) is 0 Å². The molecule has 1 aromatic heterocycles. The van der Waals surface area contributed by atoms with Crippen LogP contribution in [-0.2, 0) is 17.8 Å². The van der Waals surface area contributed by atoms with Crippen LogP contribution in [0.4, 0.5) is 11.5 Å². The van der Waals surface area contributed by atoms with Gasteiger partial charge in [-0.25, -0.2) is 0 Å². The maximum Gasteiger partial charge on any atom is 0.318 e. The lowest BCUT2D eigenvalue weighted by Crippen LogP contribution is -2.55. The zero-order valence-electron chi connectivity index (χ0n) is 25.2. The third kappa shape index (κ3) is 6.03. The van der Waals surface area contributed by atoms with Gasteiger partial charge in [-0.05, 0) is 77.4 Å². The molecule has 9 heteroatoms. The van der Waals surface area contributed by atoms with Crippen LogP contribution in [0.2, 0.25) is 0 Å². The van der Waals surface area contributed by atoms with E-state index in [1.165, 1.54) is 22.9 Å². The SMILES string of the molecule is C=CC(=O)N1CCN(c2nc(OCC3(CN(C)C)CC3)nc3c2C[C@H](C)N(c2cccc(C)c2C)C3)CC1CC#N. The standard InChI is InChI=1S/C32H43N7O2/c1-7-29(40)38-16-15-37(18-25(38)11-14-33)30-26-17-23(3)39(28-10-8-9-22(2)24(28)4)19-27(26)34-31(35-30)41-21-32(12-13-32)20-36(5)6/h7-10,23,25H,1,11-13,15-21H2,2-6H3/t23-,25?/m0/s1. The Labute approximate surface area is 244 Å². The molecule has 2 aromatic rings. The van der Waals surface area contributed by atoms with Gasteiger partial charge >= 0.3 is 6.01 Å². The number of amides is 1. The van der Waals surface area contributed by atoms with Crippen molar-refractivity contribution in [1.29, 1.82) is 5.26 Å². The minimum atomic E-state index is -0.225. The van der Waals surface area contributed by atoms with Crippen molar-refractivity contribution in [3.05, 3.63) is 53.2 Å². The highest BCUT2D eigenvalue weighted by atomic mass is 16.5. The lowest BCUT2D eigenvalue weighted by molar-refractivity contribution is -0.128. The van der Waals surface area contributed by atoms with Gasteiger partial charge in [0.1, 0.15) is 5.82 Å². The molecule has 2 aliphatic heterocycles. The van der Waals surface area contributed by atoms with Crippen LogP contribution in [0.25, 0.3) is 0 Å². The van der Waals surface area contributed by atoms with Gasteiger partial charge in [0.05, 0.1) is 37.4 Å². The molecule has 3 heterocycles. The summed E-state index contributed by atoms with van der Waals surface area (Å²) in [6, 6.07) is 9.19. The van der Waals surface area contributed by atoms with Crippen molar-refractivity contribution < 1.29 is 9.53 Å². The van der Waals surface area contributed by atoms with E-state index in [0.717, 1.165) is 42.9 Å². The Morgan fingerprint density at radius 1 is 1.27 bits per heavy atom. The normalized spacial score (nSPS) is 21.3. The molecule has 218 valence electrons. The largest absolute Gasteiger partial charge is 0.463 e. The number of benzene rings is 1. The van der Waals surface area contributed by atoms with Crippen molar-refractivity contribution in [3.63, 3.8) is 0 Å². The molecule has 41 heavy (non-hydrogen) atoms. The molecule has 1 amide bonds. The van der Waals surface area contributed by atoms with E-state index in [1.54, 1.807) is 4.90 Å². The van der Waals surface area contributed by atoms with Crippen LogP contribution in [-0.4, -0.2) is 84.6 Å². The molecular weight excluding hydrogens is 514 g/mol. The fraction of sp³-hybridized carbons (Fsp3) is 0.562. The number of anilines is 2. The van der Waals surface area contributed by atoms with E-state index in [2.05, 4.69) is 80.4 Å². The van der Waals surface area contributed by atoms with Gasteiger partial charge in [-0.2, -0.15) is 15.2 Å². The molecular formula is C32H43N7O2. The highest BCUT2D eigenvalue weighted by molar-refractivity contribution is 5.87. The number of fused-ring (bicyclic) bond motifs is 1. The molecule has 0 radical (unpaired) electrons. The number of hydrogen-bond acceptors (Lipinski definition) is 8. The van der Waals surface area contributed by atoms with Gasteiger partial charge in [0, 0.05) is 48.9 Å². The van der Waals surface area contributed by atoms with Crippen LogP contribution in [0.1, 0.15) is 48.6 Å². The maximum absolute atomic E-state index is 12.5. The van der Waals surface area contributed by atoms with E-state index in [4.69, 9.17) is 14.7 Å². The average Bonchev–Trinajstić information content (AvgIpc) is 3.71. The van der Waals surface area contributed by atoms with Crippen LogP contribution in [0.5, 0.6) is 6.01 Å². The lowest BCUT2D eigenvalue weighted by Gasteiger charge is -2.43. The van der Waals surface area contributed by atoms with E-state index in [9.17, 15) is 10.1 Å². The second-order valence-electron chi connectivity index (χ2n) is 12.4. The van der Waals surface area contributed by atoms with Crippen molar-refractivity contribution in [2.45, 2.75) is 65.1 Å². The predicted octanol–water partition coefficient (Wildman–Crippen LogP) is 3.88. The fourth-order valence-corrected chi connectivity index (χ4v) is 6.40. The summed E-state index contributed by atoms with van der Waals surface area (Å²) in [7, 11) is 4.20. The first kappa shape index (κ1) is 28.9. The number of aromatic nitrogens is 2. The Hall–Kier alpha value is -3.64. The fourth-order valence-electron chi connectivity index (χ4n) is 6.40. The molecule has 1 unspecified atom stereocenters. The number of ether oxygens (including phenoxy) is 1. The summed E-state index contributed by atoms with van der Waals surface area (Å²) in [5.41, 5.74) is 6.09. The number of carbonyl (C=O) groups excluding carboxylic acids is 1. The van der Waals surface area contributed by atoms with Crippen LogP contribution in [0, 0.1) is 30.6 Å². The smallest absolute Gasteiger partial charge is 0.318 e. The van der Waals surface area contributed by atoms with E-state index in [0.29, 0.717) is 38.8 Å². The van der Waals surface area contributed by atoms with E-state index < -0.39 is 0 Å². The molecule has 1 aliphatic carbocycles. The van der Waals surface area contributed by atoms with Crippen molar-refractivity contribution >= 4 is 17.4 Å². The van der Waals surface area contributed by atoms with E-state index in [1.807, 2.05) is 0 Å². The number of carbonyl (C=O) groups is 1. The average molecular weight is 558 g/mol. The Bertz CT molecular complexity index is 1350. The Balaban J connectivity index is 1.49. The number of nitriles is 1. The first-order valence-corrected chi connectivity index (χ1v) is 14.7. The Kier molecular flexibility index (Phi) is 8.23. The van der Waals surface area contributed by atoms with Gasteiger partial charge in [0.2, 0.25) is 5.91 Å². The van der Waals surface area contributed by atoms with Crippen molar-refractivity contribution in [1.82, 2.24) is 19.8 Å². The van der Waals surface area contributed by atoms with E-state index >= 15 is 0 Å². The summed E-state index contributed by atoms with van der Waals surface area (Å²) in [6.45, 7) is 14.2. The van der Waals surface area contributed by atoms with Gasteiger partial charge in [-0.3, -0.25) is 4.79 Å². The summed E-state index contributed by atoms with van der Waals surface area (Å²) in [5.74, 6) is 0.746. The van der Waals surface area contributed by atoms with Crippen LogP contribution < -0.4 is 14.5 Å². The zero-order chi connectivity index (χ0) is 29.3. The van der Waals surface area contributed by atoms with Crippen molar-refractivity contribution in [2.24, 2.45) is 5.41 Å². The second kappa shape index (κ2) is 11.7. The Morgan fingerprint density at radius 2 is 2.05 bits per heavy atom. The van der Waals surface area contributed by atoms with Crippen LogP contribution >= 0.6 is 0 Å². The van der Waals surface area contributed by atoms with Gasteiger partial charge < -0.3 is 24.3 Å². The summed E-state index contributed by atoms with van der Waals surface area (Å²) in [6.07, 6.45) is 4.70. The van der Waals surface area contributed by atoms with E-state index in [-0.39, 0.29) is 29.8 Å². The summed E-state index contributed by atoms with van der Waals surface area (Å²) in [5, 5.41) is 9.53. The highest BCUT2D eigenvalue weighted by Crippen LogP contribution is 2.46. The topological polar surface area (TPSA) is 88.8 Å². The first-order chi connectivity index (χ1) is 19.6. The molecule has 2 fully saturated rings. The second-order valence-corrected chi connectivity index (χ2v) is 12.4. The van der Waals surface area contributed by atoms with Gasteiger partial charge in [-0.15, -0.1) is 0 Å².